The number of nitrogen functional groups attached to an aromatic ring is 1. The second-order valence-corrected chi connectivity index (χ2v) is 4.98. The van der Waals surface area contributed by atoms with E-state index < -0.39 is 0 Å². The lowest BCUT2D eigenvalue weighted by Gasteiger charge is -2.08. The van der Waals surface area contributed by atoms with Gasteiger partial charge in [-0.1, -0.05) is 41.9 Å². The Bertz CT molecular complexity index is 825. The lowest BCUT2D eigenvalue weighted by atomic mass is 10.0. The van der Waals surface area contributed by atoms with E-state index in [-0.39, 0.29) is 5.56 Å². The number of fused-ring (bicyclic) bond motifs is 1. The monoisotopic (exact) mass is 285 g/mol. The zero-order valence-electron chi connectivity index (χ0n) is 10.6. The van der Waals surface area contributed by atoms with Gasteiger partial charge in [-0.05, 0) is 23.8 Å². The summed E-state index contributed by atoms with van der Waals surface area (Å²) in [5, 5.41) is 6.26. The summed E-state index contributed by atoms with van der Waals surface area (Å²) in [6, 6.07) is 14.9. The number of hydrogen-bond donors (Lipinski definition) is 1. The van der Waals surface area contributed by atoms with Crippen LogP contribution in [0.5, 0.6) is 0 Å². The summed E-state index contributed by atoms with van der Waals surface area (Å²) < 4.78 is 0. The van der Waals surface area contributed by atoms with Crippen molar-refractivity contribution in [2.24, 2.45) is 0 Å². The Morgan fingerprint density at radius 3 is 2.40 bits per heavy atom. The Morgan fingerprint density at radius 2 is 1.70 bits per heavy atom. The number of hydrogen-bond acceptors (Lipinski definition) is 3. The van der Waals surface area contributed by atoms with Gasteiger partial charge >= 0.3 is 0 Å². The minimum absolute atomic E-state index is 0.291. The molecule has 0 radical (unpaired) electrons. The second kappa shape index (κ2) is 4.98. The number of benzene rings is 2. The fraction of sp³-hybridized carbons (Fsp3) is 0.0667. The molecule has 0 spiro atoms. The SMILES string of the molecule is Nn1nc(Cc2ccc(Cl)cc2)c2ccccc2c1=O. The van der Waals surface area contributed by atoms with Crippen LogP contribution in [0.15, 0.2) is 53.3 Å². The maximum absolute atomic E-state index is 11.9. The standard InChI is InChI=1S/C15H12ClN3O/c16-11-7-5-10(6-8-11)9-14-12-3-1-2-4-13(12)15(20)19(17)18-14/h1-8H,9,17H2. The Labute approximate surface area is 120 Å². The van der Waals surface area contributed by atoms with Gasteiger partial charge in [0.15, 0.2) is 0 Å². The van der Waals surface area contributed by atoms with Crippen LogP contribution in [0.3, 0.4) is 0 Å². The molecule has 0 amide bonds. The summed E-state index contributed by atoms with van der Waals surface area (Å²) in [4.78, 5) is 12.8. The normalized spacial score (nSPS) is 10.8. The van der Waals surface area contributed by atoms with Gasteiger partial charge in [-0.3, -0.25) is 4.79 Å². The van der Waals surface area contributed by atoms with E-state index in [9.17, 15) is 4.79 Å². The molecule has 1 heterocycles. The highest BCUT2D eigenvalue weighted by atomic mass is 35.5. The Balaban J connectivity index is 2.14. The first-order valence-electron chi connectivity index (χ1n) is 6.15. The van der Waals surface area contributed by atoms with Crippen LogP contribution in [0.4, 0.5) is 0 Å². The Hall–Kier alpha value is -2.33. The highest BCUT2D eigenvalue weighted by Gasteiger charge is 2.09. The van der Waals surface area contributed by atoms with E-state index in [1.165, 1.54) is 0 Å². The molecule has 0 bridgehead atoms. The van der Waals surface area contributed by atoms with Gasteiger partial charge in [-0.25, -0.2) is 0 Å². The lowest BCUT2D eigenvalue weighted by molar-refractivity contribution is 0.748. The number of halogens is 1. The van der Waals surface area contributed by atoms with Gasteiger partial charge < -0.3 is 5.84 Å². The van der Waals surface area contributed by atoms with Crippen molar-refractivity contribution in [3.63, 3.8) is 0 Å². The predicted molar refractivity (Wildman–Crippen MR) is 80.4 cm³/mol. The van der Waals surface area contributed by atoms with Crippen LogP contribution < -0.4 is 11.4 Å². The Kier molecular flexibility index (Phi) is 3.16. The minimum Gasteiger partial charge on any atom is -0.320 e. The van der Waals surface area contributed by atoms with Gasteiger partial charge in [0, 0.05) is 16.8 Å². The van der Waals surface area contributed by atoms with Crippen LogP contribution in [0, 0.1) is 0 Å². The number of nitrogens with zero attached hydrogens (tertiary/aromatic N) is 2. The van der Waals surface area contributed by atoms with Gasteiger partial charge in [-0.15, -0.1) is 4.79 Å². The topological polar surface area (TPSA) is 60.9 Å². The molecule has 3 rings (SSSR count). The molecule has 0 aliphatic rings. The molecule has 0 aliphatic carbocycles. The maximum Gasteiger partial charge on any atom is 0.293 e. The molecule has 1 aromatic heterocycles. The molecule has 2 aromatic carbocycles. The molecule has 3 aromatic rings. The summed E-state index contributed by atoms with van der Waals surface area (Å²) in [7, 11) is 0. The van der Waals surface area contributed by atoms with Gasteiger partial charge in [0.05, 0.1) is 11.1 Å². The van der Waals surface area contributed by atoms with Gasteiger partial charge in [0.25, 0.3) is 5.56 Å². The van der Waals surface area contributed by atoms with E-state index in [4.69, 9.17) is 17.4 Å². The summed E-state index contributed by atoms with van der Waals surface area (Å²) in [6.07, 6.45) is 0.592. The molecule has 4 nitrogen and oxygen atoms in total. The van der Waals surface area contributed by atoms with Crippen molar-refractivity contribution in [2.75, 3.05) is 5.84 Å². The molecule has 100 valence electrons. The van der Waals surface area contributed by atoms with Gasteiger partial charge in [-0.2, -0.15) is 5.10 Å². The van der Waals surface area contributed by atoms with Crippen molar-refractivity contribution in [3.8, 4) is 0 Å². The highest BCUT2D eigenvalue weighted by molar-refractivity contribution is 6.30. The van der Waals surface area contributed by atoms with E-state index >= 15 is 0 Å². The molecule has 20 heavy (non-hydrogen) atoms. The molecule has 2 N–H and O–H groups in total. The number of rotatable bonds is 2. The van der Waals surface area contributed by atoms with Gasteiger partial charge in [0.2, 0.25) is 0 Å². The maximum atomic E-state index is 11.9. The predicted octanol–water partition coefficient (Wildman–Crippen LogP) is 2.35. The summed E-state index contributed by atoms with van der Waals surface area (Å²) >= 11 is 5.87. The molecular weight excluding hydrogens is 274 g/mol. The average molecular weight is 286 g/mol. The van der Waals surface area contributed by atoms with Crippen molar-refractivity contribution in [3.05, 3.63) is 75.2 Å². The molecule has 0 unspecified atom stereocenters. The largest absolute Gasteiger partial charge is 0.320 e. The molecular formula is C15H12ClN3O. The van der Waals surface area contributed by atoms with E-state index in [1.807, 2.05) is 42.5 Å². The number of aromatic nitrogens is 2. The van der Waals surface area contributed by atoms with Crippen LogP contribution in [-0.2, 0) is 6.42 Å². The third kappa shape index (κ3) is 2.26. The van der Waals surface area contributed by atoms with E-state index in [2.05, 4.69) is 5.10 Å². The van der Waals surface area contributed by atoms with Crippen molar-refractivity contribution in [1.82, 2.24) is 9.89 Å². The molecule has 0 fully saturated rings. The minimum atomic E-state index is -0.291. The average Bonchev–Trinajstić information content (AvgIpc) is 2.47. The van der Waals surface area contributed by atoms with Crippen LogP contribution >= 0.6 is 11.6 Å². The first kappa shape index (κ1) is 12.7. The quantitative estimate of drug-likeness (QED) is 0.735. The zero-order valence-corrected chi connectivity index (χ0v) is 11.3. The molecule has 5 heteroatoms. The first-order chi connectivity index (χ1) is 9.65. The van der Waals surface area contributed by atoms with Crippen LogP contribution in [-0.4, -0.2) is 9.89 Å². The van der Waals surface area contributed by atoms with E-state index in [1.54, 1.807) is 6.07 Å². The van der Waals surface area contributed by atoms with Crippen molar-refractivity contribution < 1.29 is 0 Å². The second-order valence-electron chi connectivity index (χ2n) is 4.55. The summed E-state index contributed by atoms with van der Waals surface area (Å²) in [5.41, 5.74) is 1.54. The van der Waals surface area contributed by atoms with Crippen LogP contribution in [0.25, 0.3) is 10.8 Å². The van der Waals surface area contributed by atoms with Crippen molar-refractivity contribution in [1.29, 1.82) is 0 Å². The Morgan fingerprint density at radius 1 is 1.05 bits per heavy atom. The highest BCUT2D eigenvalue weighted by Crippen LogP contribution is 2.17. The fourth-order valence-corrected chi connectivity index (χ4v) is 2.33. The van der Waals surface area contributed by atoms with Crippen molar-refractivity contribution >= 4 is 22.4 Å². The zero-order chi connectivity index (χ0) is 14.1. The lowest BCUT2D eigenvalue weighted by Crippen LogP contribution is -2.31. The smallest absolute Gasteiger partial charge is 0.293 e. The first-order valence-corrected chi connectivity index (χ1v) is 6.53. The third-order valence-electron chi connectivity index (χ3n) is 3.19. The molecule has 0 saturated heterocycles. The summed E-state index contributed by atoms with van der Waals surface area (Å²) in [5.74, 6) is 5.64. The third-order valence-corrected chi connectivity index (χ3v) is 3.44. The van der Waals surface area contributed by atoms with Gasteiger partial charge in [0.1, 0.15) is 0 Å². The van der Waals surface area contributed by atoms with E-state index in [0.717, 1.165) is 21.4 Å². The van der Waals surface area contributed by atoms with Crippen LogP contribution in [0.2, 0.25) is 5.02 Å². The molecule has 0 atom stereocenters. The van der Waals surface area contributed by atoms with E-state index in [0.29, 0.717) is 16.8 Å². The molecule has 0 aliphatic heterocycles. The fourth-order valence-electron chi connectivity index (χ4n) is 2.20. The van der Waals surface area contributed by atoms with Crippen LogP contribution in [0.1, 0.15) is 11.3 Å². The van der Waals surface area contributed by atoms with Crippen molar-refractivity contribution in [2.45, 2.75) is 6.42 Å². The molecule has 0 saturated carbocycles. The number of nitrogens with two attached hydrogens (primary N) is 1. The summed E-state index contributed by atoms with van der Waals surface area (Å²) in [6.45, 7) is 0.